The van der Waals surface area contributed by atoms with Crippen molar-refractivity contribution < 1.29 is 34.1 Å². The van der Waals surface area contributed by atoms with Crippen LogP contribution in [0.4, 0.5) is 0 Å². The summed E-state index contributed by atoms with van der Waals surface area (Å²) in [4.78, 5) is 37.9. The highest BCUT2D eigenvalue weighted by molar-refractivity contribution is 6.31. The molecule has 0 aromatic heterocycles. The highest BCUT2D eigenvalue weighted by Gasteiger charge is 2.38. The summed E-state index contributed by atoms with van der Waals surface area (Å²) < 4.78 is 10.3. The molecule has 0 heterocycles. The maximum atomic E-state index is 13.1. The average molecular weight is 368 g/mol. The van der Waals surface area contributed by atoms with Crippen molar-refractivity contribution in [3.63, 3.8) is 0 Å². The van der Waals surface area contributed by atoms with Gasteiger partial charge in [0, 0.05) is 17.2 Å². The smallest absolute Gasteiger partial charge is 0.340 e. The maximum absolute atomic E-state index is 13.1. The van der Waals surface area contributed by atoms with Crippen LogP contribution in [0.5, 0.6) is 17.2 Å². The number of hydrogen-bond donors (Lipinski definition) is 2. The number of carbonyl (C=O) groups is 3. The molecule has 7 nitrogen and oxygen atoms in total. The van der Waals surface area contributed by atoms with E-state index in [1.165, 1.54) is 38.5 Å². The first-order valence-corrected chi connectivity index (χ1v) is 7.97. The van der Waals surface area contributed by atoms with Gasteiger partial charge in [-0.1, -0.05) is 12.2 Å². The molecule has 1 aliphatic carbocycles. The Labute approximate surface area is 154 Å². The molecule has 0 saturated carbocycles. The standard InChI is InChI=1S/C20H16O7/c1-4-5-9-6-11-16(19(27-3)14(9)20(24)25)18(23)15-12(17(11)22)7-10(26-2)8-13(15)21/h4-8,21H,1-3H3,(H,24,25). The van der Waals surface area contributed by atoms with Crippen molar-refractivity contribution in [3.05, 3.63) is 57.7 Å². The number of ketones is 2. The van der Waals surface area contributed by atoms with E-state index in [0.717, 1.165) is 0 Å². The lowest BCUT2D eigenvalue weighted by Gasteiger charge is -2.23. The number of methoxy groups -OCH3 is 2. The largest absolute Gasteiger partial charge is 0.507 e. The van der Waals surface area contributed by atoms with E-state index in [1.807, 2.05) is 0 Å². The minimum atomic E-state index is -1.30. The predicted molar refractivity (Wildman–Crippen MR) is 96.2 cm³/mol. The molecule has 0 bridgehead atoms. The quantitative estimate of drug-likeness (QED) is 0.728. The van der Waals surface area contributed by atoms with E-state index < -0.39 is 23.3 Å². The molecule has 0 radical (unpaired) electrons. The van der Waals surface area contributed by atoms with Crippen molar-refractivity contribution in [2.24, 2.45) is 0 Å². The Morgan fingerprint density at radius 3 is 2.22 bits per heavy atom. The summed E-state index contributed by atoms with van der Waals surface area (Å²) in [7, 11) is 2.60. The van der Waals surface area contributed by atoms with Crippen LogP contribution in [0.3, 0.4) is 0 Å². The first-order chi connectivity index (χ1) is 12.8. The average Bonchev–Trinajstić information content (AvgIpc) is 2.64. The fourth-order valence-corrected chi connectivity index (χ4v) is 3.23. The number of aromatic carboxylic acids is 1. The van der Waals surface area contributed by atoms with Crippen LogP contribution < -0.4 is 9.47 Å². The molecule has 0 fully saturated rings. The van der Waals surface area contributed by atoms with Gasteiger partial charge in [-0.15, -0.1) is 0 Å². The van der Waals surface area contributed by atoms with Gasteiger partial charge in [-0.05, 0) is 24.6 Å². The molecule has 3 rings (SSSR count). The third-order valence-electron chi connectivity index (χ3n) is 4.35. The number of carboxylic acid groups (broad SMARTS) is 1. The molecular weight excluding hydrogens is 352 g/mol. The van der Waals surface area contributed by atoms with Gasteiger partial charge in [-0.25, -0.2) is 4.79 Å². The number of benzene rings is 2. The summed E-state index contributed by atoms with van der Waals surface area (Å²) in [5.41, 5.74) is -0.386. The number of aromatic hydroxyl groups is 1. The van der Waals surface area contributed by atoms with Crippen molar-refractivity contribution >= 4 is 23.6 Å². The van der Waals surface area contributed by atoms with E-state index in [9.17, 15) is 24.6 Å². The van der Waals surface area contributed by atoms with E-state index in [0.29, 0.717) is 0 Å². The molecule has 7 heteroatoms. The summed E-state index contributed by atoms with van der Waals surface area (Å²) >= 11 is 0. The van der Waals surface area contributed by atoms with Crippen LogP contribution in [0.2, 0.25) is 0 Å². The van der Waals surface area contributed by atoms with Crippen molar-refractivity contribution in [1.29, 1.82) is 0 Å². The molecule has 2 aromatic rings. The SMILES string of the molecule is CC=Cc1cc2c(c(OC)c1C(=O)O)C(=O)c1c(O)cc(OC)cc1C2=O. The van der Waals surface area contributed by atoms with Crippen LogP contribution in [0.15, 0.2) is 24.3 Å². The summed E-state index contributed by atoms with van der Waals surface area (Å²) in [5, 5.41) is 19.8. The molecule has 0 aliphatic heterocycles. The zero-order chi connectivity index (χ0) is 19.9. The number of rotatable bonds is 4. The lowest BCUT2D eigenvalue weighted by molar-refractivity contribution is 0.0692. The van der Waals surface area contributed by atoms with Gasteiger partial charge in [-0.2, -0.15) is 0 Å². The van der Waals surface area contributed by atoms with E-state index in [4.69, 9.17) is 9.47 Å². The summed E-state index contributed by atoms with van der Waals surface area (Å²) in [6, 6.07) is 3.93. The number of fused-ring (bicyclic) bond motifs is 2. The first-order valence-electron chi connectivity index (χ1n) is 7.97. The summed E-state index contributed by atoms with van der Waals surface area (Å²) in [5.74, 6) is -2.94. The Hall–Kier alpha value is -3.61. The van der Waals surface area contributed by atoms with Gasteiger partial charge in [0.2, 0.25) is 5.78 Å². The minimum absolute atomic E-state index is 0.00935. The molecule has 27 heavy (non-hydrogen) atoms. The van der Waals surface area contributed by atoms with Gasteiger partial charge in [0.05, 0.1) is 25.3 Å². The van der Waals surface area contributed by atoms with Crippen LogP contribution in [0.1, 0.15) is 54.7 Å². The Balaban J connectivity index is 2.42. The second-order valence-corrected chi connectivity index (χ2v) is 5.83. The van der Waals surface area contributed by atoms with Crippen molar-refractivity contribution in [2.45, 2.75) is 6.92 Å². The third-order valence-corrected chi connectivity index (χ3v) is 4.35. The number of allylic oxidation sites excluding steroid dienone is 1. The van der Waals surface area contributed by atoms with Crippen LogP contribution in [-0.2, 0) is 0 Å². The van der Waals surface area contributed by atoms with Crippen LogP contribution >= 0.6 is 0 Å². The third kappa shape index (κ3) is 2.64. The van der Waals surface area contributed by atoms with Gasteiger partial charge < -0.3 is 19.7 Å². The second-order valence-electron chi connectivity index (χ2n) is 5.83. The predicted octanol–water partition coefficient (Wildman–Crippen LogP) is 2.92. The Kier molecular flexibility index (Phi) is 4.45. The van der Waals surface area contributed by atoms with E-state index in [-0.39, 0.29) is 44.9 Å². The monoisotopic (exact) mass is 368 g/mol. The van der Waals surface area contributed by atoms with Crippen LogP contribution in [0.25, 0.3) is 6.08 Å². The molecule has 138 valence electrons. The Morgan fingerprint density at radius 2 is 1.67 bits per heavy atom. The number of ether oxygens (including phenoxy) is 2. The van der Waals surface area contributed by atoms with E-state index in [1.54, 1.807) is 13.0 Å². The maximum Gasteiger partial charge on any atom is 0.340 e. The molecule has 0 unspecified atom stereocenters. The number of hydrogen-bond acceptors (Lipinski definition) is 6. The lowest BCUT2D eigenvalue weighted by atomic mass is 9.80. The Morgan fingerprint density at radius 1 is 1.00 bits per heavy atom. The fourth-order valence-electron chi connectivity index (χ4n) is 3.23. The van der Waals surface area contributed by atoms with Gasteiger partial charge in [0.1, 0.15) is 22.8 Å². The molecule has 0 atom stereocenters. The molecule has 2 aromatic carbocycles. The zero-order valence-electron chi connectivity index (χ0n) is 14.8. The molecule has 0 spiro atoms. The fraction of sp³-hybridized carbons (Fsp3) is 0.150. The lowest BCUT2D eigenvalue weighted by Crippen LogP contribution is -2.24. The molecule has 0 amide bonds. The minimum Gasteiger partial charge on any atom is -0.507 e. The van der Waals surface area contributed by atoms with Crippen LogP contribution in [0, 0.1) is 0 Å². The molecular formula is C20H16O7. The highest BCUT2D eigenvalue weighted by atomic mass is 16.5. The van der Waals surface area contributed by atoms with Gasteiger partial charge in [-0.3, -0.25) is 9.59 Å². The van der Waals surface area contributed by atoms with Gasteiger partial charge >= 0.3 is 5.97 Å². The molecule has 1 aliphatic rings. The number of carboxylic acids is 1. The molecule has 0 saturated heterocycles. The van der Waals surface area contributed by atoms with Crippen molar-refractivity contribution in [1.82, 2.24) is 0 Å². The normalized spacial score (nSPS) is 12.7. The van der Waals surface area contributed by atoms with E-state index in [2.05, 4.69) is 0 Å². The molecule has 2 N–H and O–H groups in total. The zero-order valence-corrected chi connectivity index (χ0v) is 14.8. The summed E-state index contributed by atoms with van der Waals surface area (Å²) in [6.07, 6.45) is 3.13. The van der Waals surface area contributed by atoms with Gasteiger partial charge in [0.25, 0.3) is 0 Å². The van der Waals surface area contributed by atoms with Gasteiger partial charge in [0.15, 0.2) is 5.78 Å². The van der Waals surface area contributed by atoms with Crippen molar-refractivity contribution in [2.75, 3.05) is 14.2 Å². The van der Waals surface area contributed by atoms with Crippen molar-refractivity contribution in [3.8, 4) is 17.2 Å². The topological polar surface area (TPSA) is 110 Å². The number of carbonyl (C=O) groups excluding carboxylic acids is 2. The number of phenolic OH excluding ortho intramolecular Hbond substituents is 1. The van der Waals surface area contributed by atoms with E-state index >= 15 is 0 Å². The first kappa shape index (κ1) is 18.2. The Bertz CT molecular complexity index is 1030. The summed E-state index contributed by atoms with van der Waals surface area (Å²) in [6.45, 7) is 1.70. The number of phenols is 1. The van der Waals surface area contributed by atoms with Crippen LogP contribution in [-0.4, -0.2) is 42.0 Å². The second kappa shape index (κ2) is 6.60. The highest BCUT2D eigenvalue weighted by Crippen LogP contribution is 2.41.